The van der Waals surface area contributed by atoms with Gasteiger partial charge in [0.2, 0.25) is 5.91 Å². The zero-order chi connectivity index (χ0) is 30.7. The standard InChI is InChI=1S/C32H42FN3O6/c1-31(2,3)27(34-29(38)41-20-21-10-8-7-9-11-21)28(37)35-17-16-24-26(35)25(18-36(24)30(39)42-32(4,5)6)40-19-22-12-14-23(33)15-13-22/h7-15,24-27H,16-20H2,1-6H3,(H,34,38). The molecule has 3 amide bonds. The van der Waals surface area contributed by atoms with Gasteiger partial charge >= 0.3 is 12.2 Å². The van der Waals surface area contributed by atoms with Gasteiger partial charge in [-0.25, -0.2) is 14.0 Å². The highest BCUT2D eigenvalue weighted by Gasteiger charge is 2.54. The molecule has 0 saturated carbocycles. The smallest absolute Gasteiger partial charge is 0.410 e. The summed E-state index contributed by atoms with van der Waals surface area (Å²) < 4.78 is 30.8. The predicted molar refractivity (Wildman–Crippen MR) is 155 cm³/mol. The van der Waals surface area contributed by atoms with Crippen molar-refractivity contribution in [1.29, 1.82) is 0 Å². The highest BCUT2D eigenvalue weighted by molar-refractivity contribution is 5.87. The van der Waals surface area contributed by atoms with Gasteiger partial charge < -0.3 is 29.3 Å². The van der Waals surface area contributed by atoms with Gasteiger partial charge in [0.1, 0.15) is 24.1 Å². The summed E-state index contributed by atoms with van der Waals surface area (Å²) in [4.78, 5) is 43.5. The SMILES string of the molecule is CC(C)(C)OC(=O)N1CC(OCc2ccc(F)cc2)C2C1CCN2C(=O)C(NC(=O)OCc1ccccc1)C(C)(C)C. The summed E-state index contributed by atoms with van der Waals surface area (Å²) in [7, 11) is 0. The summed E-state index contributed by atoms with van der Waals surface area (Å²) in [5, 5.41) is 2.79. The largest absolute Gasteiger partial charge is 0.445 e. The Morgan fingerprint density at radius 1 is 0.929 bits per heavy atom. The molecule has 4 rings (SSSR count). The van der Waals surface area contributed by atoms with E-state index in [1.165, 1.54) is 12.1 Å². The number of fused-ring (bicyclic) bond motifs is 1. The number of nitrogens with zero attached hydrogens (tertiary/aromatic N) is 2. The molecular formula is C32H42FN3O6. The van der Waals surface area contributed by atoms with Crippen molar-refractivity contribution in [2.75, 3.05) is 13.1 Å². The zero-order valence-corrected chi connectivity index (χ0v) is 25.3. The average Bonchev–Trinajstić information content (AvgIpc) is 3.50. The van der Waals surface area contributed by atoms with Crippen molar-refractivity contribution in [3.8, 4) is 0 Å². The lowest BCUT2D eigenvalue weighted by atomic mass is 9.85. The van der Waals surface area contributed by atoms with Gasteiger partial charge in [-0.05, 0) is 55.9 Å². The predicted octanol–water partition coefficient (Wildman–Crippen LogP) is 5.27. The Labute approximate surface area is 247 Å². The quantitative estimate of drug-likeness (QED) is 0.477. The maximum Gasteiger partial charge on any atom is 0.410 e. The van der Waals surface area contributed by atoms with Crippen LogP contribution in [-0.2, 0) is 32.2 Å². The number of halogens is 1. The third-order valence-corrected chi connectivity index (χ3v) is 7.45. The van der Waals surface area contributed by atoms with Gasteiger partial charge in [0.05, 0.1) is 31.3 Å². The lowest BCUT2D eigenvalue weighted by Gasteiger charge is -2.36. The van der Waals surface area contributed by atoms with Gasteiger partial charge in [0, 0.05) is 6.54 Å². The molecule has 4 atom stereocenters. The minimum absolute atomic E-state index is 0.0797. The Morgan fingerprint density at radius 3 is 2.19 bits per heavy atom. The van der Waals surface area contributed by atoms with Crippen molar-refractivity contribution in [3.63, 3.8) is 0 Å². The van der Waals surface area contributed by atoms with Gasteiger partial charge in [0.25, 0.3) is 0 Å². The molecule has 1 N–H and O–H groups in total. The van der Waals surface area contributed by atoms with Crippen molar-refractivity contribution >= 4 is 18.1 Å². The number of carbonyl (C=O) groups is 3. The fraction of sp³-hybridized carbons (Fsp3) is 0.531. The Morgan fingerprint density at radius 2 is 1.57 bits per heavy atom. The van der Waals surface area contributed by atoms with Crippen molar-refractivity contribution in [2.24, 2.45) is 5.41 Å². The summed E-state index contributed by atoms with van der Waals surface area (Å²) in [5.74, 6) is -0.612. The third kappa shape index (κ3) is 7.79. The summed E-state index contributed by atoms with van der Waals surface area (Å²) in [5.41, 5.74) is 0.294. The van der Waals surface area contributed by atoms with E-state index in [0.717, 1.165) is 11.1 Å². The molecule has 2 aromatic rings. The normalized spacial score (nSPS) is 21.1. The molecule has 4 unspecified atom stereocenters. The second-order valence-electron chi connectivity index (χ2n) is 13.0. The molecule has 2 aliphatic rings. The van der Waals surface area contributed by atoms with Crippen LogP contribution in [0.2, 0.25) is 0 Å². The van der Waals surface area contributed by atoms with E-state index in [-0.39, 0.29) is 37.5 Å². The molecule has 2 aliphatic heterocycles. The number of carbonyl (C=O) groups excluding carboxylic acids is 3. The maximum absolute atomic E-state index is 14.1. The second kappa shape index (κ2) is 12.7. The number of nitrogens with one attached hydrogen (secondary N) is 1. The third-order valence-electron chi connectivity index (χ3n) is 7.45. The number of alkyl carbamates (subject to hydrolysis) is 1. The van der Waals surface area contributed by atoms with Crippen LogP contribution in [0.15, 0.2) is 54.6 Å². The Balaban J connectivity index is 1.52. The van der Waals surface area contributed by atoms with Crippen LogP contribution in [0.25, 0.3) is 0 Å². The van der Waals surface area contributed by atoms with Crippen LogP contribution in [0.4, 0.5) is 14.0 Å². The molecule has 9 nitrogen and oxygen atoms in total. The summed E-state index contributed by atoms with van der Waals surface area (Å²) in [6, 6.07) is 13.7. The number of ether oxygens (including phenoxy) is 3. The number of hydrogen-bond acceptors (Lipinski definition) is 6. The summed E-state index contributed by atoms with van der Waals surface area (Å²) >= 11 is 0. The first kappa shape index (κ1) is 31.3. The van der Waals surface area contributed by atoms with Crippen molar-refractivity contribution in [2.45, 2.75) is 91.0 Å². The molecule has 10 heteroatoms. The topological polar surface area (TPSA) is 97.4 Å². The highest BCUT2D eigenvalue weighted by Crippen LogP contribution is 2.36. The first-order chi connectivity index (χ1) is 19.7. The lowest BCUT2D eigenvalue weighted by Crippen LogP contribution is -2.57. The van der Waals surface area contributed by atoms with E-state index in [1.807, 2.05) is 71.9 Å². The number of amides is 3. The minimum atomic E-state index is -0.882. The van der Waals surface area contributed by atoms with Crippen molar-refractivity contribution in [1.82, 2.24) is 15.1 Å². The van der Waals surface area contributed by atoms with Crippen LogP contribution >= 0.6 is 0 Å². The van der Waals surface area contributed by atoms with E-state index < -0.39 is 41.4 Å². The van der Waals surface area contributed by atoms with Gasteiger partial charge in [-0.1, -0.05) is 63.2 Å². The van der Waals surface area contributed by atoms with Crippen LogP contribution in [-0.4, -0.2) is 70.8 Å². The van der Waals surface area contributed by atoms with Crippen LogP contribution < -0.4 is 5.32 Å². The molecule has 0 aliphatic carbocycles. The molecule has 0 aromatic heterocycles. The number of hydrogen-bond donors (Lipinski definition) is 1. The van der Waals surface area contributed by atoms with Crippen LogP contribution in [0, 0.1) is 11.2 Å². The highest BCUT2D eigenvalue weighted by atomic mass is 19.1. The maximum atomic E-state index is 14.1. The first-order valence-electron chi connectivity index (χ1n) is 14.4. The molecule has 42 heavy (non-hydrogen) atoms. The second-order valence-corrected chi connectivity index (χ2v) is 13.0. The Hall–Kier alpha value is -3.66. The van der Waals surface area contributed by atoms with Gasteiger partial charge in [-0.15, -0.1) is 0 Å². The van der Waals surface area contributed by atoms with E-state index in [2.05, 4.69) is 5.32 Å². The summed E-state index contributed by atoms with van der Waals surface area (Å²) in [6.45, 7) is 12.0. The van der Waals surface area contributed by atoms with Crippen molar-refractivity contribution < 1.29 is 33.0 Å². The Bertz CT molecular complexity index is 1240. The fourth-order valence-electron chi connectivity index (χ4n) is 5.44. The van der Waals surface area contributed by atoms with Crippen LogP contribution in [0.3, 0.4) is 0 Å². The minimum Gasteiger partial charge on any atom is -0.445 e. The molecular weight excluding hydrogens is 541 g/mol. The van der Waals surface area contributed by atoms with Crippen LogP contribution in [0.1, 0.15) is 59.1 Å². The zero-order valence-electron chi connectivity index (χ0n) is 25.3. The summed E-state index contributed by atoms with van der Waals surface area (Å²) in [6.07, 6.45) is -1.12. The van der Waals surface area contributed by atoms with E-state index in [1.54, 1.807) is 21.9 Å². The lowest BCUT2D eigenvalue weighted by molar-refractivity contribution is -0.139. The number of rotatable bonds is 7. The monoisotopic (exact) mass is 583 g/mol. The fourth-order valence-corrected chi connectivity index (χ4v) is 5.44. The van der Waals surface area contributed by atoms with Gasteiger partial charge in [-0.2, -0.15) is 0 Å². The van der Waals surface area contributed by atoms with E-state index >= 15 is 0 Å². The average molecular weight is 584 g/mol. The number of benzene rings is 2. The van der Waals surface area contributed by atoms with Gasteiger partial charge in [-0.3, -0.25) is 4.79 Å². The molecule has 2 saturated heterocycles. The van der Waals surface area contributed by atoms with Crippen molar-refractivity contribution in [3.05, 3.63) is 71.5 Å². The van der Waals surface area contributed by atoms with E-state index in [0.29, 0.717) is 13.0 Å². The molecule has 2 aromatic carbocycles. The van der Waals surface area contributed by atoms with Gasteiger partial charge in [0.15, 0.2) is 0 Å². The van der Waals surface area contributed by atoms with E-state index in [9.17, 15) is 18.8 Å². The molecule has 2 heterocycles. The molecule has 228 valence electrons. The number of likely N-dealkylation sites (tertiary alicyclic amines) is 2. The van der Waals surface area contributed by atoms with Crippen LogP contribution in [0.5, 0.6) is 0 Å². The molecule has 2 fully saturated rings. The first-order valence-corrected chi connectivity index (χ1v) is 14.4. The van der Waals surface area contributed by atoms with E-state index in [4.69, 9.17) is 14.2 Å². The molecule has 0 radical (unpaired) electrons. The molecule has 0 spiro atoms. The molecule has 0 bridgehead atoms. The Kier molecular flexibility index (Phi) is 9.45.